The molecule has 1 aromatic heterocycles. The molecule has 1 saturated heterocycles. The Balaban J connectivity index is 1.33. The Morgan fingerprint density at radius 3 is 2.37 bits per heavy atom. The molecular formula is C24H27N3O5S3. The number of nitrogens with one attached hydrogen (secondary N) is 2. The molecule has 186 valence electrons. The van der Waals surface area contributed by atoms with Crippen LogP contribution in [0, 0.1) is 0 Å². The van der Waals surface area contributed by atoms with Gasteiger partial charge in [0.1, 0.15) is 4.21 Å². The van der Waals surface area contributed by atoms with Gasteiger partial charge in [0.05, 0.1) is 11.4 Å². The van der Waals surface area contributed by atoms with Crippen LogP contribution >= 0.6 is 11.3 Å². The smallest absolute Gasteiger partial charge is 0.252 e. The highest BCUT2D eigenvalue weighted by Crippen LogP contribution is 2.28. The van der Waals surface area contributed by atoms with Crippen LogP contribution in [0.15, 0.2) is 75.8 Å². The number of carbonyl (C=O) groups excluding carboxylic acids is 1. The van der Waals surface area contributed by atoms with Crippen LogP contribution in [0.4, 0.5) is 5.69 Å². The van der Waals surface area contributed by atoms with Gasteiger partial charge in [0, 0.05) is 41.5 Å². The van der Waals surface area contributed by atoms with Crippen molar-refractivity contribution in [2.45, 2.75) is 34.5 Å². The fourth-order valence-corrected chi connectivity index (χ4v) is 7.46. The van der Waals surface area contributed by atoms with Crippen molar-refractivity contribution in [3.63, 3.8) is 0 Å². The van der Waals surface area contributed by atoms with Gasteiger partial charge in [0.15, 0.2) is 9.84 Å². The van der Waals surface area contributed by atoms with Crippen molar-refractivity contribution in [3.05, 3.63) is 77.2 Å². The minimum absolute atomic E-state index is 0.0448. The van der Waals surface area contributed by atoms with Crippen molar-refractivity contribution in [1.82, 2.24) is 9.62 Å². The molecule has 0 saturated carbocycles. The third kappa shape index (κ3) is 6.29. The van der Waals surface area contributed by atoms with Gasteiger partial charge in [-0.05, 0) is 55.3 Å². The first-order valence-corrected chi connectivity index (χ1v) is 15.3. The molecule has 1 fully saturated rings. The molecule has 1 aliphatic rings. The normalized spacial score (nSPS) is 15.6. The van der Waals surface area contributed by atoms with Crippen molar-refractivity contribution in [3.8, 4) is 0 Å². The number of thiophene rings is 1. The molecule has 0 radical (unpaired) electrons. The summed E-state index contributed by atoms with van der Waals surface area (Å²) in [5, 5.41) is 6.15. The minimum atomic E-state index is -3.62. The maximum Gasteiger partial charge on any atom is 0.252 e. The van der Waals surface area contributed by atoms with E-state index in [2.05, 4.69) is 10.6 Å². The third-order valence-electron chi connectivity index (χ3n) is 5.78. The van der Waals surface area contributed by atoms with Crippen molar-refractivity contribution in [2.75, 3.05) is 24.7 Å². The predicted octanol–water partition coefficient (Wildman–Crippen LogP) is 3.35. The standard InChI is InChI=1S/C24H27N3O5S3/c1-34(29,30)22-9-5-8-20(16-22)26-19-12-14-27(15-13-19)35(31,32)23-11-10-21(33-23)17-25-24(28)18-6-3-2-4-7-18/h2-11,16,19,26H,12-15,17H2,1H3,(H,25,28). The Labute approximate surface area is 210 Å². The Morgan fingerprint density at radius 1 is 0.971 bits per heavy atom. The summed E-state index contributed by atoms with van der Waals surface area (Å²) in [4.78, 5) is 13.2. The topological polar surface area (TPSA) is 113 Å². The van der Waals surface area contributed by atoms with Crippen LogP contribution < -0.4 is 10.6 Å². The average Bonchev–Trinajstić information content (AvgIpc) is 3.33. The molecule has 3 aromatic rings. The van der Waals surface area contributed by atoms with Crippen LogP contribution in [0.1, 0.15) is 28.1 Å². The van der Waals surface area contributed by atoms with E-state index in [-0.39, 0.29) is 27.6 Å². The van der Waals surface area contributed by atoms with E-state index in [1.807, 2.05) is 12.1 Å². The Kier molecular flexibility index (Phi) is 7.60. The molecule has 11 heteroatoms. The van der Waals surface area contributed by atoms with Gasteiger partial charge in [0.25, 0.3) is 15.9 Å². The minimum Gasteiger partial charge on any atom is -0.382 e. The van der Waals surface area contributed by atoms with Crippen molar-refractivity contribution in [2.24, 2.45) is 0 Å². The van der Waals surface area contributed by atoms with E-state index in [9.17, 15) is 21.6 Å². The van der Waals surface area contributed by atoms with Gasteiger partial charge in [0.2, 0.25) is 0 Å². The fourth-order valence-electron chi connectivity index (χ4n) is 3.87. The summed E-state index contributed by atoms with van der Waals surface area (Å²) in [5.74, 6) is -0.208. The number of carbonyl (C=O) groups is 1. The summed E-state index contributed by atoms with van der Waals surface area (Å²) in [6, 6.07) is 18.9. The van der Waals surface area contributed by atoms with E-state index >= 15 is 0 Å². The molecule has 1 aliphatic heterocycles. The largest absolute Gasteiger partial charge is 0.382 e. The summed E-state index contributed by atoms with van der Waals surface area (Å²) in [6.45, 7) is 0.986. The summed E-state index contributed by atoms with van der Waals surface area (Å²) in [6.07, 6.45) is 2.38. The Bertz CT molecular complexity index is 1390. The molecule has 0 bridgehead atoms. The lowest BCUT2D eigenvalue weighted by Gasteiger charge is -2.31. The number of hydrogen-bond donors (Lipinski definition) is 2. The second-order valence-electron chi connectivity index (χ2n) is 8.39. The highest BCUT2D eigenvalue weighted by Gasteiger charge is 2.30. The first-order chi connectivity index (χ1) is 16.6. The van der Waals surface area contributed by atoms with Crippen LogP contribution in [-0.2, 0) is 26.4 Å². The first kappa shape index (κ1) is 25.4. The maximum absolute atomic E-state index is 13.1. The molecule has 4 rings (SSSR count). The number of hydrogen-bond acceptors (Lipinski definition) is 7. The molecule has 1 amide bonds. The number of rotatable bonds is 8. The van der Waals surface area contributed by atoms with E-state index < -0.39 is 19.9 Å². The zero-order valence-electron chi connectivity index (χ0n) is 19.2. The van der Waals surface area contributed by atoms with Crippen molar-refractivity contribution >= 4 is 42.8 Å². The molecule has 8 nitrogen and oxygen atoms in total. The highest BCUT2D eigenvalue weighted by atomic mass is 32.2. The third-order valence-corrected chi connectivity index (χ3v) is 10.3. The molecule has 0 aliphatic carbocycles. The van der Waals surface area contributed by atoms with E-state index in [0.29, 0.717) is 37.2 Å². The summed E-state index contributed by atoms with van der Waals surface area (Å²) >= 11 is 1.16. The van der Waals surface area contributed by atoms with Gasteiger partial charge in [-0.25, -0.2) is 16.8 Å². The molecule has 0 atom stereocenters. The van der Waals surface area contributed by atoms with Gasteiger partial charge in [-0.2, -0.15) is 4.31 Å². The van der Waals surface area contributed by atoms with Crippen molar-refractivity contribution in [1.29, 1.82) is 0 Å². The van der Waals surface area contributed by atoms with E-state index in [4.69, 9.17) is 0 Å². The molecule has 2 aromatic carbocycles. The van der Waals surface area contributed by atoms with Crippen LogP contribution in [0.3, 0.4) is 0 Å². The summed E-state index contributed by atoms with van der Waals surface area (Å²) in [5.41, 5.74) is 1.26. The van der Waals surface area contributed by atoms with E-state index in [1.165, 1.54) is 10.6 Å². The number of sulfone groups is 1. The molecule has 0 unspecified atom stereocenters. The van der Waals surface area contributed by atoms with Gasteiger partial charge in [-0.3, -0.25) is 4.79 Å². The van der Waals surface area contributed by atoms with Crippen LogP contribution in [-0.4, -0.2) is 52.4 Å². The van der Waals surface area contributed by atoms with Crippen LogP contribution in [0.5, 0.6) is 0 Å². The molecule has 2 heterocycles. The second kappa shape index (κ2) is 10.5. The average molecular weight is 534 g/mol. The lowest BCUT2D eigenvalue weighted by molar-refractivity contribution is 0.0951. The first-order valence-electron chi connectivity index (χ1n) is 11.1. The summed E-state index contributed by atoms with van der Waals surface area (Å²) < 4.78 is 51.6. The number of benzene rings is 2. The second-order valence-corrected chi connectivity index (χ2v) is 13.7. The number of piperidine rings is 1. The Morgan fingerprint density at radius 2 is 1.69 bits per heavy atom. The number of sulfonamides is 1. The number of nitrogens with zero attached hydrogens (tertiary/aromatic N) is 1. The highest BCUT2D eigenvalue weighted by molar-refractivity contribution is 7.91. The monoisotopic (exact) mass is 533 g/mol. The van der Waals surface area contributed by atoms with Crippen LogP contribution in [0.2, 0.25) is 0 Å². The van der Waals surface area contributed by atoms with Crippen LogP contribution in [0.25, 0.3) is 0 Å². The quantitative estimate of drug-likeness (QED) is 0.459. The maximum atomic E-state index is 13.1. The molecular weight excluding hydrogens is 506 g/mol. The number of amides is 1. The molecule has 0 spiro atoms. The van der Waals surface area contributed by atoms with E-state index in [0.717, 1.165) is 16.2 Å². The zero-order valence-corrected chi connectivity index (χ0v) is 21.6. The predicted molar refractivity (Wildman–Crippen MR) is 137 cm³/mol. The van der Waals surface area contributed by atoms with Gasteiger partial charge >= 0.3 is 0 Å². The lowest BCUT2D eigenvalue weighted by Crippen LogP contribution is -2.42. The fraction of sp³-hybridized carbons (Fsp3) is 0.292. The van der Waals surface area contributed by atoms with Gasteiger partial charge in [-0.15, -0.1) is 11.3 Å². The van der Waals surface area contributed by atoms with Gasteiger partial charge in [-0.1, -0.05) is 24.3 Å². The molecule has 2 N–H and O–H groups in total. The summed E-state index contributed by atoms with van der Waals surface area (Å²) in [7, 11) is -6.92. The number of anilines is 1. The lowest BCUT2D eigenvalue weighted by atomic mass is 10.1. The van der Waals surface area contributed by atoms with Crippen molar-refractivity contribution < 1.29 is 21.6 Å². The van der Waals surface area contributed by atoms with E-state index in [1.54, 1.807) is 54.6 Å². The SMILES string of the molecule is CS(=O)(=O)c1cccc(NC2CCN(S(=O)(=O)c3ccc(CNC(=O)c4ccccc4)s3)CC2)c1. The van der Waals surface area contributed by atoms with Gasteiger partial charge < -0.3 is 10.6 Å². The molecule has 35 heavy (non-hydrogen) atoms. The Hall–Kier alpha value is -2.73. The zero-order chi connectivity index (χ0) is 25.1.